The first kappa shape index (κ1) is 12.0. The molecular weight excluding hydrogens is 195 g/mol. The van der Waals surface area contributed by atoms with Gasteiger partial charge >= 0.3 is 0 Å². The van der Waals surface area contributed by atoms with Gasteiger partial charge in [0.2, 0.25) is 0 Å². The molecule has 0 atom stereocenters. The maximum absolute atomic E-state index is 13.0. The molecule has 0 unspecified atom stereocenters. The summed E-state index contributed by atoms with van der Waals surface area (Å²) in [5.74, 6) is 0.583. The fourth-order valence-corrected chi connectivity index (χ4v) is 1.52. The van der Waals surface area contributed by atoms with Crippen molar-refractivity contribution in [1.82, 2.24) is 0 Å². The van der Waals surface area contributed by atoms with Crippen LogP contribution in [0.5, 0.6) is 5.75 Å². The maximum atomic E-state index is 13.0. The number of benzene rings is 1. The van der Waals surface area contributed by atoms with Crippen molar-refractivity contribution >= 4 is 0 Å². The van der Waals surface area contributed by atoms with Gasteiger partial charge in [-0.3, -0.25) is 0 Å². The molecule has 0 radical (unpaired) electrons. The van der Waals surface area contributed by atoms with Gasteiger partial charge in [0.05, 0.1) is 6.61 Å². The van der Waals surface area contributed by atoms with Crippen LogP contribution in [0.1, 0.15) is 31.9 Å². The highest BCUT2D eigenvalue weighted by molar-refractivity contribution is 5.42. The molecule has 1 aromatic rings. The first-order valence-electron chi connectivity index (χ1n) is 5.33. The molecule has 0 bridgehead atoms. The molecule has 0 N–H and O–H groups in total. The van der Waals surface area contributed by atoms with E-state index < -0.39 is 0 Å². The van der Waals surface area contributed by atoms with E-state index in [0.29, 0.717) is 6.61 Å². The van der Waals surface area contributed by atoms with Crippen molar-refractivity contribution in [2.24, 2.45) is 0 Å². The summed E-state index contributed by atoms with van der Waals surface area (Å²) in [6.45, 7) is 6.69. The van der Waals surface area contributed by atoms with Crippen LogP contribution in [0.3, 0.4) is 0 Å². The van der Waals surface area contributed by atoms with Crippen molar-refractivity contribution in [1.29, 1.82) is 0 Å². The second-order valence-electron chi connectivity index (χ2n) is 3.02. The van der Waals surface area contributed by atoms with Gasteiger partial charge in [-0.2, -0.15) is 0 Å². The minimum atomic E-state index is -0.218. The van der Waals surface area contributed by atoms with Crippen LogP contribution in [0.15, 0.2) is 12.1 Å². The van der Waals surface area contributed by atoms with E-state index in [2.05, 4.69) is 0 Å². The van der Waals surface area contributed by atoms with Gasteiger partial charge < -0.3 is 9.47 Å². The SMILES string of the molecule is CC.CCc1cc(F)cc2c1OCOC2. The quantitative estimate of drug-likeness (QED) is 0.711. The molecule has 15 heavy (non-hydrogen) atoms. The molecule has 0 amide bonds. The summed E-state index contributed by atoms with van der Waals surface area (Å²) in [5.41, 5.74) is 1.72. The van der Waals surface area contributed by atoms with Crippen molar-refractivity contribution < 1.29 is 13.9 Å². The smallest absolute Gasteiger partial charge is 0.189 e. The van der Waals surface area contributed by atoms with Crippen LogP contribution in [0.2, 0.25) is 0 Å². The topological polar surface area (TPSA) is 18.5 Å². The van der Waals surface area contributed by atoms with Crippen molar-refractivity contribution in [3.63, 3.8) is 0 Å². The lowest BCUT2D eigenvalue weighted by molar-refractivity contribution is -0.0172. The maximum Gasteiger partial charge on any atom is 0.189 e. The summed E-state index contributed by atoms with van der Waals surface area (Å²) in [4.78, 5) is 0. The van der Waals surface area contributed by atoms with Crippen LogP contribution in [0.4, 0.5) is 4.39 Å². The van der Waals surface area contributed by atoms with Crippen molar-refractivity contribution in [2.45, 2.75) is 33.8 Å². The van der Waals surface area contributed by atoms with Gasteiger partial charge in [-0.25, -0.2) is 4.39 Å². The molecule has 1 heterocycles. The first-order valence-corrected chi connectivity index (χ1v) is 5.33. The highest BCUT2D eigenvalue weighted by Gasteiger charge is 2.15. The lowest BCUT2D eigenvalue weighted by Gasteiger charge is -2.20. The Hall–Kier alpha value is -1.09. The number of hydrogen-bond donors (Lipinski definition) is 0. The van der Waals surface area contributed by atoms with E-state index in [-0.39, 0.29) is 12.6 Å². The number of hydrogen-bond acceptors (Lipinski definition) is 2. The number of aryl methyl sites for hydroxylation is 1. The third-order valence-corrected chi connectivity index (χ3v) is 2.13. The zero-order chi connectivity index (χ0) is 11.3. The van der Waals surface area contributed by atoms with Crippen molar-refractivity contribution in [3.05, 3.63) is 29.1 Å². The van der Waals surface area contributed by atoms with Gasteiger partial charge in [0, 0.05) is 5.56 Å². The van der Waals surface area contributed by atoms with E-state index in [1.807, 2.05) is 20.8 Å². The molecule has 1 aliphatic heterocycles. The van der Waals surface area contributed by atoms with Crippen LogP contribution in [0, 0.1) is 5.82 Å². The standard InChI is InChI=1S/C10H11FO2.C2H6/c1-2-7-3-9(11)4-8-5-12-6-13-10(7)8;1-2/h3-4H,2,5-6H2,1H3;1-2H3. The fourth-order valence-electron chi connectivity index (χ4n) is 1.52. The normalized spacial score (nSPS) is 13.3. The zero-order valence-electron chi connectivity index (χ0n) is 9.47. The van der Waals surface area contributed by atoms with Crippen molar-refractivity contribution in [3.8, 4) is 5.75 Å². The number of fused-ring (bicyclic) bond motifs is 1. The number of rotatable bonds is 1. The van der Waals surface area contributed by atoms with Gasteiger partial charge in [-0.15, -0.1) is 0 Å². The largest absolute Gasteiger partial charge is 0.467 e. The lowest BCUT2D eigenvalue weighted by Crippen LogP contribution is -2.13. The molecule has 84 valence electrons. The summed E-state index contributed by atoms with van der Waals surface area (Å²) in [7, 11) is 0. The molecule has 0 fully saturated rings. The number of ether oxygens (including phenoxy) is 2. The highest BCUT2D eigenvalue weighted by atomic mass is 19.1. The molecule has 0 aliphatic carbocycles. The molecule has 0 spiro atoms. The van der Waals surface area contributed by atoms with Gasteiger partial charge in [0.1, 0.15) is 11.6 Å². The molecule has 1 aromatic carbocycles. The Morgan fingerprint density at radius 1 is 1.33 bits per heavy atom. The Balaban J connectivity index is 0.000000531. The Morgan fingerprint density at radius 2 is 2.07 bits per heavy atom. The minimum Gasteiger partial charge on any atom is -0.467 e. The minimum absolute atomic E-state index is 0.218. The van der Waals surface area contributed by atoms with Crippen LogP contribution in [-0.4, -0.2) is 6.79 Å². The summed E-state index contributed by atoms with van der Waals surface area (Å²) in [6, 6.07) is 2.98. The predicted molar refractivity (Wildman–Crippen MR) is 57.4 cm³/mol. The van der Waals surface area contributed by atoms with E-state index >= 15 is 0 Å². The zero-order valence-corrected chi connectivity index (χ0v) is 9.47. The Morgan fingerprint density at radius 3 is 2.73 bits per heavy atom. The summed E-state index contributed by atoms with van der Waals surface area (Å²) in [6.07, 6.45) is 0.778. The average Bonchev–Trinajstić information content (AvgIpc) is 2.30. The third-order valence-electron chi connectivity index (χ3n) is 2.13. The summed E-state index contributed by atoms with van der Waals surface area (Å²) >= 11 is 0. The Bertz CT molecular complexity index is 306. The van der Waals surface area contributed by atoms with Gasteiger partial charge in [0.25, 0.3) is 0 Å². The molecule has 3 heteroatoms. The van der Waals surface area contributed by atoms with E-state index in [4.69, 9.17) is 9.47 Å². The second-order valence-corrected chi connectivity index (χ2v) is 3.02. The summed E-state index contributed by atoms with van der Waals surface area (Å²) < 4.78 is 23.4. The monoisotopic (exact) mass is 212 g/mol. The molecule has 1 aliphatic rings. The molecule has 2 rings (SSSR count). The lowest BCUT2D eigenvalue weighted by atomic mass is 10.1. The van der Waals surface area contributed by atoms with Crippen LogP contribution in [-0.2, 0) is 17.8 Å². The van der Waals surface area contributed by atoms with E-state index in [9.17, 15) is 4.39 Å². The Labute approximate surface area is 90.0 Å². The molecule has 2 nitrogen and oxygen atoms in total. The Kier molecular flexibility index (Phi) is 4.56. The fraction of sp³-hybridized carbons (Fsp3) is 0.500. The molecule has 0 saturated carbocycles. The molecule has 0 saturated heterocycles. The van der Waals surface area contributed by atoms with E-state index in [1.54, 1.807) is 0 Å². The van der Waals surface area contributed by atoms with Crippen LogP contribution >= 0.6 is 0 Å². The van der Waals surface area contributed by atoms with Crippen molar-refractivity contribution in [2.75, 3.05) is 6.79 Å². The predicted octanol–water partition coefficient (Wildman–Crippen LogP) is 3.28. The van der Waals surface area contributed by atoms with Crippen LogP contribution < -0.4 is 4.74 Å². The summed E-state index contributed by atoms with van der Waals surface area (Å²) in [5, 5.41) is 0. The second kappa shape index (κ2) is 5.71. The van der Waals surface area contributed by atoms with E-state index in [0.717, 1.165) is 23.3 Å². The van der Waals surface area contributed by atoms with Crippen LogP contribution in [0.25, 0.3) is 0 Å². The van der Waals surface area contributed by atoms with Gasteiger partial charge in [-0.05, 0) is 24.1 Å². The van der Waals surface area contributed by atoms with E-state index in [1.165, 1.54) is 12.1 Å². The molecular formula is C12H17FO2. The van der Waals surface area contributed by atoms with Gasteiger partial charge in [0.15, 0.2) is 6.79 Å². The average molecular weight is 212 g/mol. The first-order chi connectivity index (χ1) is 7.31. The molecule has 0 aromatic heterocycles. The van der Waals surface area contributed by atoms with Gasteiger partial charge in [-0.1, -0.05) is 20.8 Å². The number of halogens is 1. The highest BCUT2D eigenvalue weighted by Crippen LogP contribution is 2.29. The third kappa shape index (κ3) is 2.69.